The molecule has 1 aliphatic heterocycles. The number of aliphatic imine (C=N–C) groups is 1. The molecule has 4 nitrogen and oxygen atoms in total. The van der Waals surface area contributed by atoms with Gasteiger partial charge in [-0.05, 0) is 29.3 Å². The minimum absolute atomic E-state index is 0. The zero-order valence-corrected chi connectivity index (χ0v) is 16.1. The maximum Gasteiger partial charge on any atom is 0.194 e. The number of halogens is 1. The number of nitrogens with zero attached hydrogens (tertiary/aromatic N) is 3. The number of hydrogen-bond acceptors (Lipinski definition) is 3. The summed E-state index contributed by atoms with van der Waals surface area (Å²) in [7, 11) is 1.89. The van der Waals surface area contributed by atoms with E-state index in [0.717, 1.165) is 32.1 Å². The number of anilines is 1. The highest BCUT2D eigenvalue weighted by Crippen LogP contribution is 2.44. The Bertz CT molecular complexity index is 478. The van der Waals surface area contributed by atoms with Gasteiger partial charge in [-0.25, -0.2) is 0 Å². The zero-order chi connectivity index (χ0) is 14.2. The average Bonchev–Trinajstić information content (AvgIpc) is 2.85. The van der Waals surface area contributed by atoms with Crippen molar-refractivity contribution in [1.29, 1.82) is 0 Å². The smallest absolute Gasteiger partial charge is 0.194 e. The summed E-state index contributed by atoms with van der Waals surface area (Å²) in [5, 5.41) is 7.15. The van der Waals surface area contributed by atoms with Crippen molar-refractivity contribution in [2.75, 3.05) is 38.1 Å². The molecule has 1 N–H and O–H groups in total. The molecule has 6 heteroatoms. The van der Waals surface area contributed by atoms with Crippen molar-refractivity contribution >= 4 is 46.3 Å². The number of guanidine groups is 1. The summed E-state index contributed by atoms with van der Waals surface area (Å²) in [5.41, 5.74) is 0.439. The van der Waals surface area contributed by atoms with Crippen LogP contribution < -0.4 is 10.2 Å². The van der Waals surface area contributed by atoms with E-state index >= 15 is 0 Å². The summed E-state index contributed by atoms with van der Waals surface area (Å²) in [5.74, 6) is 1.08. The number of hydrogen-bond donors (Lipinski definition) is 1. The topological polar surface area (TPSA) is 30.9 Å². The molecule has 21 heavy (non-hydrogen) atoms. The first-order chi connectivity index (χ1) is 9.60. The lowest BCUT2D eigenvalue weighted by Gasteiger charge is -2.37. The van der Waals surface area contributed by atoms with E-state index < -0.39 is 0 Å². The lowest BCUT2D eigenvalue weighted by Crippen LogP contribution is -2.53. The van der Waals surface area contributed by atoms with Gasteiger partial charge in [-0.15, -0.1) is 35.3 Å². The summed E-state index contributed by atoms with van der Waals surface area (Å²) in [6.45, 7) is 8.87. The summed E-state index contributed by atoms with van der Waals surface area (Å²) in [4.78, 5) is 9.32. The second-order valence-corrected chi connectivity index (χ2v) is 7.29. The molecule has 1 aromatic heterocycles. The monoisotopic (exact) mass is 420 g/mol. The van der Waals surface area contributed by atoms with E-state index in [-0.39, 0.29) is 24.0 Å². The zero-order valence-electron chi connectivity index (χ0n) is 13.0. The van der Waals surface area contributed by atoms with Gasteiger partial charge in [0, 0.05) is 39.3 Å². The van der Waals surface area contributed by atoms with Crippen LogP contribution in [0.15, 0.2) is 22.5 Å². The van der Waals surface area contributed by atoms with Crippen LogP contribution in [0.1, 0.15) is 20.3 Å². The first-order valence-electron chi connectivity index (χ1n) is 7.37. The molecule has 1 atom stereocenters. The van der Waals surface area contributed by atoms with Gasteiger partial charge in [0.2, 0.25) is 0 Å². The van der Waals surface area contributed by atoms with Gasteiger partial charge in [0.05, 0.1) is 5.00 Å². The van der Waals surface area contributed by atoms with Crippen LogP contribution in [0.2, 0.25) is 0 Å². The Morgan fingerprint density at radius 2 is 2.00 bits per heavy atom. The van der Waals surface area contributed by atoms with Gasteiger partial charge in [0.15, 0.2) is 5.96 Å². The van der Waals surface area contributed by atoms with Crippen molar-refractivity contribution in [2.45, 2.75) is 26.3 Å². The molecule has 2 fully saturated rings. The Kier molecular flexibility index (Phi) is 5.40. The standard InChI is InChI=1S/C15H24N4S.HI/c1-15(2)11-12(15)17-14(16-3)19-8-6-18(7-9-19)13-5-4-10-20-13;/h4-5,10,12H,6-9,11H2,1-3H3,(H,16,17);1H. The molecule has 0 radical (unpaired) electrons. The Morgan fingerprint density at radius 1 is 1.33 bits per heavy atom. The Morgan fingerprint density at radius 3 is 2.48 bits per heavy atom. The highest BCUT2D eigenvalue weighted by molar-refractivity contribution is 14.0. The predicted octanol–water partition coefficient (Wildman–Crippen LogP) is 2.86. The van der Waals surface area contributed by atoms with Crippen LogP contribution in [0, 0.1) is 5.41 Å². The third-order valence-electron chi connectivity index (χ3n) is 4.43. The molecule has 1 saturated carbocycles. The van der Waals surface area contributed by atoms with Crippen LogP contribution in [0.3, 0.4) is 0 Å². The lowest BCUT2D eigenvalue weighted by atomic mass is 10.2. The largest absolute Gasteiger partial charge is 0.360 e. The number of thiophene rings is 1. The third kappa shape index (κ3) is 3.83. The first kappa shape index (κ1) is 16.9. The Hall–Kier alpha value is -0.500. The van der Waals surface area contributed by atoms with E-state index in [9.17, 15) is 0 Å². The van der Waals surface area contributed by atoms with Crippen molar-refractivity contribution < 1.29 is 0 Å². The van der Waals surface area contributed by atoms with E-state index in [1.165, 1.54) is 11.4 Å². The summed E-state index contributed by atoms with van der Waals surface area (Å²) >= 11 is 1.83. The van der Waals surface area contributed by atoms with Crippen molar-refractivity contribution in [2.24, 2.45) is 10.4 Å². The average molecular weight is 420 g/mol. The number of piperazine rings is 1. The van der Waals surface area contributed by atoms with Gasteiger partial charge < -0.3 is 15.1 Å². The van der Waals surface area contributed by atoms with Crippen molar-refractivity contribution in [1.82, 2.24) is 10.2 Å². The van der Waals surface area contributed by atoms with Gasteiger partial charge in [-0.2, -0.15) is 0 Å². The van der Waals surface area contributed by atoms with Crippen molar-refractivity contribution in [3.05, 3.63) is 17.5 Å². The summed E-state index contributed by atoms with van der Waals surface area (Å²) in [6, 6.07) is 4.93. The highest BCUT2D eigenvalue weighted by atomic mass is 127. The molecule has 0 bridgehead atoms. The predicted molar refractivity (Wildman–Crippen MR) is 102 cm³/mol. The molecular weight excluding hydrogens is 395 g/mol. The van der Waals surface area contributed by atoms with Gasteiger partial charge in [0.1, 0.15) is 0 Å². The maximum atomic E-state index is 4.46. The second-order valence-electron chi connectivity index (χ2n) is 6.36. The quantitative estimate of drug-likeness (QED) is 0.454. The van der Waals surface area contributed by atoms with E-state index in [1.807, 2.05) is 18.4 Å². The maximum absolute atomic E-state index is 4.46. The normalized spacial score (nSPS) is 24.5. The molecule has 1 aliphatic carbocycles. The Labute approximate surface area is 148 Å². The number of nitrogens with one attached hydrogen (secondary N) is 1. The van der Waals surface area contributed by atoms with Gasteiger partial charge in [-0.1, -0.05) is 13.8 Å². The molecule has 3 rings (SSSR count). The van der Waals surface area contributed by atoms with E-state index in [4.69, 9.17) is 0 Å². The SMILES string of the molecule is CN=C(NC1CC1(C)C)N1CCN(c2cccs2)CC1.I. The first-order valence-corrected chi connectivity index (χ1v) is 8.25. The molecule has 0 spiro atoms. The van der Waals surface area contributed by atoms with E-state index in [2.05, 4.69) is 51.5 Å². The van der Waals surface area contributed by atoms with E-state index in [0.29, 0.717) is 11.5 Å². The fourth-order valence-corrected chi connectivity index (χ4v) is 3.54. The Balaban J connectivity index is 0.00000161. The van der Waals surface area contributed by atoms with Crippen LogP contribution in [-0.4, -0.2) is 50.1 Å². The van der Waals surface area contributed by atoms with Crippen LogP contribution in [-0.2, 0) is 0 Å². The van der Waals surface area contributed by atoms with E-state index in [1.54, 1.807) is 0 Å². The van der Waals surface area contributed by atoms with Crippen LogP contribution in [0.4, 0.5) is 5.00 Å². The molecule has 1 aromatic rings. The molecule has 1 unspecified atom stereocenters. The molecule has 118 valence electrons. The molecule has 1 saturated heterocycles. The highest BCUT2D eigenvalue weighted by Gasteiger charge is 2.46. The van der Waals surface area contributed by atoms with Crippen molar-refractivity contribution in [3.8, 4) is 0 Å². The molecule has 2 heterocycles. The van der Waals surface area contributed by atoms with Gasteiger partial charge >= 0.3 is 0 Å². The molecule has 2 aliphatic rings. The lowest BCUT2D eigenvalue weighted by molar-refractivity contribution is 0.370. The van der Waals surface area contributed by atoms with Crippen LogP contribution in [0.25, 0.3) is 0 Å². The van der Waals surface area contributed by atoms with Crippen molar-refractivity contribution in [3.63, 3.8) is 0 Å². The minimum atomic E-state index is 0. The minimum Gasteiger partial charge on any atom is -0.360 e. The van der Waals surface area contributed by atoms with Gasteiger partial charge in [-0.3, -0.25) is 4.99 Å². The summed E-state index contributed by atoms with van der Waals surface area (Å²) < 4.78 is 0. The van der Waals surface area contributed by atoms with Crippen LogP contribution in [0.5, 0.6) is 0 Å². The fraction of sp³-hybridized carbons (Fsp3) is 0.667. The molecule has 0 aromatic carbocycles. The van der Waals surface area contributed by atoms with Crippen LogP contribution >= 0.6 is 35.3 Å². The fourth-order valence-electron chi connectivity index (χ4n) is 2.76. The molecule has 0 amide bonds. The molecular formula is C15H25IN4S. The second kappa shape index (κ2) is 6.73. The third-order valence-corrected chi connectivity index (χ3v) is 5.35. The summed E-state index contributed by atoms with van der Waals surface area (Å²) in [6.07, 6.45) is 1.25. The number of rotatable bonds is 2. The van der Waals surface area contributed by atoms with Gasteiger partial charge in [0.25, 0.3) is 0 Å².